The third-order valence-electron chi connectivity index (χ3n) is 6.39. The summed E-state index contributed by atoms with van der Waals surface area (Å²) in [5.41, 5.74) is 0.783. The van der Waals surface area contributed by atoms with Crippen LogP contribution in [0.4, 0.5) is 0 Å². The van der Waals surface area contributed by atoms with E-state index < -0.39 is 35.6 Å². The maximum Gasteiger partial charge on any atom is 0.233 e. The van der Waals surface area contributed by atoms with Crippen LogP contribution in [-0.4, -0.2) is 51.0 Å². The molecule has 2 aliphatic heterocycles. The summed E-state index contributed by atoms with van der Waals surface area (Å²) in [5, 5.41) is 30.7. The summed E-state index contributed by atoms with van der Waals surface area (Å²) in [6, 6.07) is 6.53. The number of carbonyl (C=O) groups is 2. The Bertz CT molecular complexity index is 749. The maximum absolute atomic E-state index is 13.0. The molecule has 27 heavy (non-hydrogen) atoms. The molecular weight excluding hydrogens is 350 g/mol. The summed E-state index contributed by atoms with van der Waals surface area (Å²) in [4.78, 5) is 27.0. The molecule has 0 spiro atoms. The van der Waals surface area contributed by atoms with Gasteiger partial charge in [-0.15, -0.1) is 0 Å². The third kappa shape index (κ3) is 2.68. The van der Waals surface area contributed by atoms with Crippen LogP contribution in [0.15, 0.2) is 24.3 Å². The minimum absolute atomic E-state index is 0.132. The first kappa shape index (κ1) is 18.4. The Hall–Kier alpha value is -1.96. The highest BCUT2D eigenvalue weighted by Crippen LogP contribution is 2.58. The van der Waals surface area contributed by atoms with Crippen molar-refractivity contribution in [3.8, 4) is 5.75 Å². The van der Waals surface area contributed by atoms with Gasteiger partial charge in [0.2, 0.25) is 11.8 Å². The summed E-state index contributed by atoms with van der Waals surface area (Å²) >= 11 is 0. The molecular formula is C20H25NO6. The number of aromatic hydroxyl groups is 1. The molecule has 0 bridgehead atoms. The van der Waals surface area contributed by atoms with E-state index in [2.05, 4.69) is 0 Å². The van der Waals surface area contributed by atoms with Crippen LogP contribution in [0.3, 0.4) is 0 Å². The smallest absolute Gasteiger partial charge is 0.233 e. The van der Waals surface area contributed by atoms with Gasteiger partial charge in [0.1, 0.15) is 5.75 Å². The van der Waals surface area contributed by atoms with Crippen molar-refractivity contribution < 1.29 is 29.6 Å². The number of amides is 2. The average Bonchev–Trinajstić information content (AvgIpc) is 3.12. The van der Waals surface area contributed by atoms with Crippen molar-refractivity contribution in [1.29, 1.82) is 0 Å². The molecule has 2 saturated heterocycles. The minimum Gasteiger partial charge on any atom is -0.508 e. The van der Waals surface area contributed by atoms with Gasteiger partial charge in [-0.1, -0.05) is 19.1 Å². The summed E-state index contributed by atoms with van der Waals surface area (Å²) in [5.74, 6) is -4.23. The second-order valence-electron chi connectivity index (χ2n) is 7.87. The van der Waals surface area contributed by atoms with Crippen molar-refractivity contribution in [3.05, 3.63) is 29.8 Å². The van der Waals surface area contributed by atoms with Gasteiger partial charge in [0.25, 0.3) is 0 Å². The Labute approximate surface area is 157 Å². The van der Waals surface area contributed by atoms with Crippen LogP contribution in [0, 0.1) is 23.7 Å². The van der Waals surface area contributed by atoms with Gasteiger partial charge in [0.15, 0.2) is 5.79 Å². The third-order valence-corrected chi connectivity index (χ3v) is 6.39. The average molecular weight is 375 g/mol. The first-order chi connectivity index (χ1) is 12.9. The van der Waals surface area contributed by atoms with Gasteiger partial charge in [0, 0.05) is 18.4 Å². The number of likely N-dealkylation sites (tertiary alicyclic amines) is 1. The number of benzene rings is 1. The van der Waals surface area contributed by atoms with Gasteiger partial charge in [-0.2, -0.15) is 0 Å². The Morgan fingerprint density at radius 3 is 2.52 bits per heavy atom. The molecule has 1 aromatic carbocycles. The molecule has 3 N–H and O–H groups in total. The number of ether oxygens (including phenoxy) is 1. The van der Waals surface area contributed by atoms with Crippen LogP contribution in [0.5, 0.6) is 5.75 Å². The standard InChI is InChI=1S/C20H25NO6/c1-2-7-21-18(24)14-8-12(10-22)20(26)15(17(14)19(21)25)9-16(27-20)11-3-5-13(23)6-4-11/h3-6,12,14-17,22-23,26H,2,7-10H2,1H3/t12-,14+,15+,16+,17+,20-/m1/s1. The zero-order valence-electron chi connectivity index (χ0n) is 15.2. The van der Waals surface area contributed by atoms with E-state index in [0.717, 1.165) is 5.56 Å². The molecule has 2 amide bonds. The van der Waals surface area contributed by atoms with Gasteiger partial charge in [0.05, 0.1) is 24.5 Å². The first-order valence-electron chi connectivity index (χ1n) is 9.55. The molecule has 3 fully saturated rings. The lowest BCUT2D eigenvalue weighted by molar-refractivity contribution is -0.274. The normalized spacial score (nSPS) is 38.2. The van der Waals surface area contributed by atoms with Crippen LogP contribution in [0.1, 0.15) is 37.9 Å². The monoisotopic (exact) mass is 375 g/mol. The van der Waals surface area contributed by atoms with E-state index in [1.165, 1.54) is 4.90 Å². The second-order valence-corrected chi connectivity index (χ2v) is 7.87. The topological polar surface area (TPSA) is 107 Å². The number of aliphatic hydroxyl groups is 2. The molecule has 3 aliphatic rings. The van der Waals surface area contributed by atoms with Crippen LogP contribution in [0.25, 0.3) is 0 Å². The number of fused-ring (bicyclic) bond motifs is 3. The molecule has 0 radical (unpaired) electrons. The number of hydrogen-bond donors (Lipinski definition) is 3. The number of rotatable bonds is 4. The maximum atomic E-state index is 13.0. The van der Waals surface area contributed by atoms with Crippen LogP contribution < -0.4 is 0 Å². The molecule has 4 rings (SSSR count). The summed E-state index contributed by atoms with van der Waals surface area (Å²) < 4.78 is 6.00. The van der Waals surface area contributed by atoms with E-state index in [-0.39, 0.29) is 30.6 Å². The van der Waals surface area contributed by atoms with Crippen LogP contribution in [0.2, 0.25) is 0 Å². The van der Waals surface area contributed by atoms with Crippen molar-refractivity contribution in [2.75, 3.05) is 13.2 Å². The van der Waals surface area contributed by atoms with E-state index in [9.17, 15) is 24.9 Å². The fourth-order valence-electron chi connectivity index (χ4n) is 5.10. The molecule has 1 saturated carbocycles. The minimum atomic E-state index is -1.64. The lowest BCUT2D eigenvalue weighted by atomic mass is 9.64. The SMILES string of the molecule is CCCN1C(=O)[C@H]2[C@H](C[C@H](CO)[C@@]3(O)O[C@H](c4ccc(O)cc4)C[C@@H]23)C1=O. The molecule has 146 valence electrons. The molecule has 2 heterocycles. The number of aliphatic hydroxyl groups excluding tert-OH is 1. The lowest BCUT2D eigenvalue weighted by Crippen LogP contribution is -2.54. The Morgan fingerprint density at radius 2 is 1.89 bits per heavy atom. The van der Waals surface area contributed by atoms with Gasteiger partial charge < -0.3 is 20.1 Å². The molecule has 6 atom stereocenters. The molecule has 0 aromatic heterocycles. The number of nitrogens with zero attached hydrogens (tertiary/aromatic N) is 1. The van der Waals surface area contributed by atoms with Gasteiger partial charge >= 0.3 is 0 Å². The lowest BCUT2D eigenvalue weighted by Gasteiger charge is -2.44. The van der Waals surface area contributed by atoms with Crippen LogP contribution in [-0.2, 0) is 14.3 Å². The number of phenols is 1. The quantitative estimate of drug-likeness (QED) is 0.682. The van der Waals surface area contributed by atoms with E-state index in [4.69, 9.17) is 4.74 Å². The van der Waals surface area contributed by atoms with Gasteiger partial charge in [-0.25, -0.2) is 0 Å². The molecule has 1 aliphatic carbocycles. The fraction of sp³-hybridized carbons (Fsp3) is 0.600. The summed E-state index contributed by atoms with van der Waals surface area (Å²) in [6.07, 6.45) is 0.845. The molecule has 7 heteroatoms. The van der Waals surface area contributed by atoms with Crippen LogP contribution >= 0.6 is 0 Å². The van der Waals surface area contributed by atoms with E-state index >= 15 is 0 Å². The predicted molar refractivity (Wildman–Crippen MR) is 94.2 cm³/mol. The van der Waals surface area contributed by atoms with Crippen molar-refractivity contribution in [2.45, 2.75) is 38.1 Å². The molecule has 1 aromatic rings. The number of hydrogen-bond acceptors (Lipinski definition) is 6. The highest BCUT2D eigenvalue weighted by Gasteiger charge is 2.66. The summed E-state index contributed by atoms with van der Waals surface area (Å²) in [6.45, 7) is 1.98. The largest absolute Gasteiger partial charge is 0.508 e. The first-order valence-corrected chi connectivity index (χ1v) is 9.55. The summed E-state index contributed by atoms with van der Waals surface area (Å²) in [7, 11) is 0. The number of imide groups is 1. The highest BCUT2D eigenvalue weighted by molar-refractivity contribution is 6.05. The van der Waals surface area contributed by atoms with Crippen molar-refractivity contribution in [3.63, 3.8) is 0 Å². The Kier molecular flexibility index (Phi) is 4.49. The highest BCUT2D eigenvalue weighted by atomic mass is 16.6. The fourth-order valence-corrected chi connectivity index (χ4v) is 5.10. The van der Waals surface area contributed by atoms with E-state index in [1.54, 1.807) is 24.3 Å². The predicted octanol–water partition coefficient (Wildman–Crippen LogP) is 1.18. The number of carbonyl (C=O) groups excluding carboxylic acids is 2. The zero-order valence-corrected chi connectivity index (χ0v) is 15.2. The second kappa shape index (κ2) is 6.58. The Balaban J connectivity index is 1.68. The van der Waals surface area contributed by atoms with Crippen molar-refractivity contribution in [1.82, 2.24) is 4.90 Å². The van der Waals surface area contributed by atoms with E-state index in [1.807, 2.05) is 6.92 Å². The van der Waals surface area contributed by atoms with Crippen molar-refractivity contribution in [2.24, 2.45) is 23.7 Å². The van der Waals surface area contributed by atoms with Gasteiger partial charge in [-0.3, -0.25) is 14.5 Å². The molecule has 0 unspecified atom stereocenters. The zero-order chi connectivity index (χ0) is 19.3. The van der Waals surface area contributed by atoms with Gasteiger partial charge in [-0.05, 0) is 37.0 Å². The number of phenolic OH excluding ortho intramolecular Hbond substituents is 1. The van der Waals surface area contributed by atoms with E-state index in [0.29, 0.717) is 19.4 Å². The molecule has 7 nitrogen and oxygen atoms in total. The van der Waals surface area contributed by atoms with Crippen molar-refractivity contribution >= 4 is 11.8 Å². The Morgan fingerprint density at radius 1 is 1.19 bits per heavy atom.